The third-order valence-electron chi connectivity index (χ3n) is 22.3. The van der Waals surface area contributed by atoms with Crippen LogP contribution < -0.4 is 48.6 Å². The Hall–Kier alpha value is -15.5. The fraction of sp³-hybridized carbons (Fsp3) is 0.184. The number of ether oxygens (including phenoxy) is 4. The van der Waals surface area contributed by atoms with Gasteiger partial charge in [-0.05, 0) is 136 Å². The van der Waals surface area contributed by atoms with Crippen molar-refractivity contribution in [2.45, 2.75) is 25.0 Å². The molecule has 0 unspecified atom stereocenters. The number of ketones is 6. The van der Waals surface area contributed by atoms with Crippen molar-refractivity contribution in [2.24, 2.45) is 64.4 Å². The van der Waals surface area contributed by atoms with Gasteiger partial charge < -0.3 is 58.5 Å². The molecule has 0 aliphatic carbocycles. The Balaban J connectivity index is 0.000000130. The second kappa shape index (κ2) is 44.6. The van der Waals surface area contributed by atoms with Crippen LogP contribution in [0, 0.1) is 0 Å². The summed E-state index contributed by atoms with van der Waals surface area (Å²) >= 11 is 0. The fourth-order valence-corrected chi connectivity index (χ4v) is 16.1. The minimum atomic E-state index is -3.34. The number of carbonyl (C=O) groups is 6. The van der Waals surface area contributed by atoms with Gasteiger partial charge in [-0.3, -0.25) is 88.6 Å². The van der Waals surface area contributed by atoms with Crippen LogP contribution in [0.1, 0.15) is 114 Å². The number of benzene rings is 7. The van der Waals surface area contributed by atoms with Gasteiger partial charge in [-0.1, -0.05) is 91.0 Å². The molecule has 682 valence electrons. The largest absolute Gasteiger partial charge is 0.495 e. The van der Waals surface area contributed by atoms with Crippen molar-refractivity contribution in [3.8, 4) is 89.8 Å². The number of aromatic nitrogens is 6. The van der Waals surface area contributed by atoms with E-state index >= 15 is 0 Å². The number of para-hydroxylation sites is 1. The SMILES string of the molecule is CCOc1cncc(-c2ccc3c(c2)C(CN)=NCC3=O)c1.COCc1cncc(-c2ccc3c(c2)C(CN)=NCC3=O)c1.COc1cncc(-c2ccc3c(c2)C(CN)=NCC3=O)c1.CS(=O)(=O)c1cncc(-c2ccc3c(c2)C(CN)=NCC3=O)c1.NCC1=NCC(=O)c2ccc(-c3cncc(CO)c3)cc21.NCC1=NCC(=O)c2ccc(-c3cncc(Oc4ccccc4)c3)cc21. The normalized spacial score (nSPS) is 13.7. The number of methoxy groups -OCH3 is 2. The predicted octanol–water partition coefficient (Wildman–Crippen LogP) is 11.4. The first kappa shape index (κ1) is 95.6. The predicted molar refractivity (Wildman–Crippen MR) is 521 cm³/mol. The molecule has 0 atom stereocenters. The monoisotopic (exact) mass is 1820 g/mol. The van der Waals surface area contributed by atoms with E-state index in [9.17, 15) is 42.3 Å². The van der Waals surface area contributed by atoms with E-state index in [4.69, 9.17) is 53.3 Å². The molecule has 31 nitrogen and oxygen atoms in total. The van der Waals surface area contributed by atoms with Crippen LogP contribution in [0.15, 0.2) is 285 Å². The Morgan fingerprint density at radius 3 is 0.896 bits per heavy atom. The molecule has 0 radical (unpaired) electrons. The first-order chi connectivity index (χ1) is 65.5. The van der Waals surface area contributed by atoms with Gasteiger partial charge in [0.05, 0.1) is 84.7 Å². The summed E-state index contributed by atoms with van der Waals surface area (Å²) in [6.45, 7) is 5.79. The first-order valence-electron chi connectivity index (χ1n) is 42.9. The molecule has 6 aliphatic rings. The van der Waals surface area contributed by atoms with Gasteiger partial charge in [0.1, 0.15) is 62.3 Å². The Labute approximate surface area is 778 Å². The second-order valence-corrected chi connectivity index (χ2v) is 33.1. The Bertz CT molecular complexity index is 6800. The average Bonchev–Trinajstić information content (AvgIpc) is 0.799. The molecule has 0 fully saturated rings. The Morgan fingerprint density at radius 1 is 0.304 bits per heavy atom. The zero-order valence-electron chi connectivity index (χ0n) is 74.4. The number of rotatable bonds is 21. The van der Waals surface area contributed by atoms with Crippen molar-refractivity contribution in [1.82, 2.24) is 29.9 Å². The highest BCUT2D eigenvalue weighted by Gasteiger charge is 2.28. The summed E-state index contributed by atoms with van der Waals surface area (Å²) < 4.78 is 45.0. The van der Waals surface area contributed by atoms with Gasteiger partial charge in [-0.25, -0.2) is 8.42 Å². The summed E-state index contributed by atoms with van der Waals surface area (Å²) in [5.41, 5.74) is 60.2. The summed E-state index contributed by atoms with van der Waals surface area (Å²) in [5.74, 6) is 2.87. The number of nitrogens with zero attached hydrogens (tertiary/aromatic N) is 12. The number of sulfone groups is 1. The maximum absolute atomic E-state index is 12.1. The summed E-state index contributed by atoms with van der Waals surface area (Å²) in [4.78, 5) is 122. The molecule has 19 rings (SSSR count). The van der Waals surface area contributed by atoms with E-state index in [1.165, 1.54) is 6.20 Å². The van der Waals surface area contributed by atoms with Gasteiger partial charge in [-0.15, -0.1) is 0 Å². The number of hydrogen-bond donors (Lipinski definition) is 7. The number of pyridine rings is 6. The van der Waals surface area contributed by atoms with Crippen LogP contribution in [0.4, 0.5) is 0 Å². The molecule has 135 heavy (non-hydrogen) atoms. The van der Waals surface area contributed by atoms with Crippen LogP contribution in [-0.2, 0) is 27.8 Å². The number of aliphatic hydroxyl groups is 1. The highest BCUT2D eigenvalue weighted by molar-refractivity contribution is 7.90. The molecule has 0 saturated carbocycles. The van der Waals surface area contributed by atoms with Crippen molar-refractivity contribution in [2.75, 3.05) is 106 Å². The molecule has 7 aromatic carbocycles. The van der Waals surface area contributed by atoms with Crippen molar-refractivity contribution in [3.05, 3.63) is 328 Å². The number of aliphatic imine (C=N–C) groups is 6. The van der Waals surface area contributed by atoms with Crippen LogP contribution in [0.3, 0.4) is 0 Å². The van der Waals surface area contributed by atoms with Gasteiger partial charge in [0, 0.05) is 209 Å². The van der Waals surface area contributed by atoms with Crippen LogP contribution in [0.25, 0.3) is 66.8 Å². The van der Waals surface area contributed by atoms with Crippen molar-refractivity contribution < 1.29 is 61.2 Å². The van der Waals surface area contributed by atoms with Crippen LogP contribution >= 0.6 is 0 Å². The minimum Gasteiger partial charge on any atom is -0.495 e. The number of hydrogen-bond acceptors (Lipinski definition) is 31. The topological polar surface area (TPSA) is 501 Å². The lowest BCUT2D eigenvalue weighted by Gasteiger charge is -2.16. The zero-order valence-corrected chi connectivity index (χ0v) is 75.2. The lowest BCUT2D eigenvalue weighted by Crippen LogP contribution is -2.24. The molecular weight excluding hydrogens is 1730 g/mol. The lowest BCUT2D eigenvalue weighted by molar-refractivity contribution is 0.0992. The standard InChI is InChI=1S/C21H17N3O2.2C17H17N3O2.C16H15N3O3S.2C16H15N3O2/c22-10-20-19-9-14(6-7-18(19)21(25)13-24-20)15-8-17(12-23-11-15)26-16-4-2-1-3-5-16;1-22-10-11-4-13(8-19-7-11)12-2-3-14-15(5-12)16(6-18)20-9-17(14)21;1-2-22-13-5-12(8-19-9-13)11-3-4-14-15(6-11)16(7-18)20-10-17(14)21;1-23(21,22)12-4-11(7-18-8-12)10-2-3-13-14(5-10)15(6-17)19-9-16(13)20;1-21-12-4-11(7-18-8-12)10-2-3-13-14(5-10)15(6-17)19-9-16(13)20;17-5-15-14-4-11(1-2-13(14)16(21)8-19-15)12-3-10(9-20)6-18-7-12/h1-9,11-12H,10,13,22H2;2-5,7-8H,6,9-10,18H2,1H3;3-6,8-9H,2,7,10,18H2,1H3;2-5,7-8H,6,9,17H2,1H3;2-5,7-8H,6,9,17H2,1H3;1-4,6-7,20H,5,8-9,17H2. The maximum atomic E-state index is 12.1. The van der Waals surface area contributed by atoms with E-state index in [0.29, 0.717) is 108 Å². The molecule has 32 heteroatoms. The quantitative estimate of drug-likeness (QED) is 0.0351. The van der Waals surface area contributed by atoms with Crippen LogP contribution in [-0.4, -0.2) is 218 Å². The number of aliphatic hydroxyl groups excluding tert-OH is 1. The highest BCUT2D eigenvalue weighted by atomic mass is 32.2. The molecule has 0 spiro atoms. The van der Waals surface area contributed by atoms with Gasteiger partial charge in [0.2, 0.25) is 0 Å². The van der Waals surface area contributed by atoms with Gasteiger partial charge in [0.15, 0.2) is 44.5 Å². The summed E-state index contributed by atoms with van der Waals surface area (Å²) in [6.07, 6.45) is 21.3. The van der Waals surface area contributed by atoms with E-state index in [1.807, 2.05) is 159 Å². The fourth-order valence-electron chi connectivity index (χ4n) is 15.5. The smallest absolute Gasteiger partial charge is 0.184 e. The first-order valence-corrected chi connectivity index (χ1v) is 44.8. The molecule has 6 aromatic heterocycles. The number of carbonyl (C=O) groups excluding carboxylic acids is 6. The number of nitrogens with two attached hydrogens (primary N) is 6. The molecule has 13 N–H and O–H groups in total. The molecular formula is C103H96N18O13S. The number of fused-ring (bicyclic) bond motifs is 6. The van der Waals surface area contributed by atoms with Gasteiger partial charge >= 0.3 is 0 Å². The third kappa shape index (κ3) is 23.0. The molecule has 12 heterocycles. The van der Waals surface area contributed by atoms with E-state index in [2.05, 4.69) is 59.9 Å². The molecule has 13 aromatic rings. The van der Waals surface area contributed by atoms with E-state index in [0.717, 1.165) is 146 Å². The summed E-state index contributed by atoms with van der Waals surface area (Å²) in [6, 6.07) is 54.5. The van der Waals surface area contributed by atoms with E-state index in [1.54, 1.807) is 107 Å². The second-order valence-electron chi connectivity index (χ2n) is 31.1. The van der Waals surface area contributed by atoms with Gasteiger partial charge in [-0.2, -0.15) is 0 Å². The van der Waals surface area contributed by atoms with Crippen molar-refractivity contribution in [1.29, 1.82) is 0 Å². The zero-order chi connectivity index (χ0) is 95.2. The molecule has 6 aliphatic heterocycles. The summed E-state index contributed by atoms with van der Waals surface area (Å²) in [5, 5.41) is 9.20. The van der Waals surface area contributed by atoms with E-state index in [-0.39, 0.29) is 92.0 Å². The minimum absolute atomic E-state index is 0.0102. The molecule has 0 amide bonds. The lowest BCUT2D eigenvalue weighted by atomic mass is 9.92. The van der Waals surface area contributed by atoms with Crippen molar-refractivity contribution in [3.63, 3.8) is 0 Å². The molecule has 0 saturated heterocycles. The van der Waals surface area contributed by atoms with Gasteiger partial charge in [0.25, 0.3) is 0 Å². The van der Waals surface area contributed by atoms with Crippen molar-refractivity contribution >= 4 is 78.8 Å². The number of Topliss-reactive ketones (excluding diaryl/α,β-unsaturated/α-hetero) is 6. The molecule has 0 bridgehead atoms. The van der Waals surface area contributed by atoms with Crippen LogP contribution in [0.5, 0.6) is 23.0 Å². The Morgan fingerprint density at radius 2 is 0.585 bits per heavy atom. The third-order valence-corrected chi connectivity index (χ3v) is 23.4. The summed E-state index contributed by atoms with van der Waals surface area (Å²) in [7, 11) is -0.0786. The van der Waals surface area contributed by atoms with E-state index < -0.39 is 9.84 Å². The maximum Gasteiger partial charge on any atom is 0.184 e. The average molecular weight is 1830 g/mol. The highest BCUT2D eigenvalue weighted by Crippen LogP contribution is 2.35. The Kier molecular flexibility index (Phi) is 31.6. The van der Waals surface area contributed by atoms with Crippen LogP contribution in [0.2, 0.25) is 0 Å².